The molecule has 0 atom stereocenters. The van der Waals surface area contributed by atoms with Gasteiger partial charge in [-0.05, 0) is 35.4 Å². The molecule has 9 heteroatoms. The first-order valence-corrected chi connectivity index (χ1v) is 9.54. The van der Waals surface area contributed by atoms with Gasteiger partial charge in [0.2, 0.25) is 5.82 Å². The molecule has 1 aliphatic rings. The van der Waals surface area contributed by atoms with Crippen LogP contribution in [0, 0.1) is 10.1 Å². The van der Waals surface area contributed by atoms with Gasteiger partial charge in [-0.15, -0.1) is 0 Å². The second-order valence-electron chi connectivity index (χ2n) is 7.03. The molecule has 1 aromatic heterocycles. The zero-order chi connectivity index (χ0) is 22.2. The number of carbonyl (C=O) groups is 2. The maximum atomic E-state index is 12.6. The monoisotopic (exact) mass is 427 g/mol. The van der Waals surface area contributed by atoms with Gasteiger partial charge in [0.1, 0.15) is 0 Å². The fourth-order valence-electron chi connectivity index (χ4n) is 3.53. The lowest BCUT2D eigenvalue weighted by Crippen LogP contribution is -2.07. The lowest BCUT2D eigenvalue weighted by atomic mass is 10.0. The highest BCUT2D eigenvalue weighted by Gasteiger charge is 2.27. The summed E-state index contributed by atoms with van der Waals surface area (Å²) in [6.45, 7) is -0.260. The molecule has 0 saturated carbocycles. The Labute approximate surface area is 180 Å². The summed E-state index contributed by atoms with van der Waals surface area (Å²) in [5.74, 6) is -0.482. The molecule has 1 aliphatic carbocycles. The number of nitro benzene ring substituents is 1. The zero-order valence-corrected chi connectivity index (χ0v) is 16.3. The van der Waals surface area contributed by atoms with E-state index in [0.29, 0.717) is 16.7 Å². The normalized spacial score (nSPS) is 11.7. The van der Waals surface area contributed by atoms with E-state index in [1.807, 2.05) is 12.1 Å². The van der Waals surface area contributed by atoms with Crippen molar-refractivity contribution in [1.29, 1.82) is 0 Å². The molecule has 0 radical (unpaired) electrons. The molecule has 9 nitrogen and oxygen atoms in total. The molecule has 32 heavy (non-hydrogen) atoms. The van der Waals surface area contributed by atoms with E-state index < -0.39 is 10.9 Å². The van der Waals surface area contributed by atoms with E-state index in [0.717, 1.165) is 11.1 Å². The molecule has 4 aromatic rings. The molecule has 0 saturated heterocycles. The van der Waals surface area contributed by atoms with Gasteiger partial charge in [-0.2, -0.15) is 4.98 Å². The van der Waals surface area contributed by atoms with Crippen LogP contribution in [0.3, 0.4) is 0 Å². The first-order valence-electron chi connectivity index (χ1n) is 9.54. The summed E-state index contributed by atoms with van der Waals surface area (Å²) in [5, 5.41) is 14.5. The van der Waals surface area contributed by atoms with Gasteiger partial charge in [-0.25, -0.2) is 4.79 Å². The Hall–Kier alpha value is -4.66. The number of nitro groups is 1. The largest absolute Gasteiger partial charge is 0.452 e. The van der Waals surface area contributed by atoms with Gasteiger partial charge < -0.3 is 9.26 Å². The molecule has 0 fully saturated rings. The van der Waals surface area contributed by atoms with E-state index in [2.05, 4.69) is 10.1 Å². The number of fused-ring (bicyclic) bond motifs is 3. The molecule has 0 spiro atoms. The summed E-state index contributed by atoms with van der Waals surface area (Å²) in [6.07, 6.45) is 0. The molecule has 0 aliphatic heterocycles. The highest BCUT2D eigenvalue weighted by molar-refractivity contribution is 6.22. The van der Waals surface area contributed by atoms with Crippen LogP contribution in [0.25, 0.3) is 22.5 Å². The number of ether oxygens (including phenoxy) is 1. The third-order valence-electron chi connectivity index (χ3n) is 5.09. The molecule has 0 unspecified atom stereocenters. The molecule has 0 amide bonds. The molecule has 3 aromatic carbocycles. The van der Waals surface area contributed by atoms with Gasteiger partial charge >= 0.3 is 5.97 Å². The second kappa shape index (κ2) is 7.55. The fourth-order valence-corrected chi connectivity index (χ4v) is 3.53. The van der Waals surface area contributed by atoms with Crippen molar-refractivity contribution in [3.63, 3.8) is 0 Å². The van der Waals surface area contributed by atoms with Crippen LogP contribution in [-0.4, -0.2) is 26.8 Å². The van der Waals surface area contributed by atoms with Crippen molar-refractivity contribution in [2.75, 3.05) is 0 Å². The van der Waals surface area contributed by atoms with E-state index >= 15 is 0 Å². The quantitative estimate of drug-likeness (QED) is 0.232. The van der Waals surface area contributed by atoms with Gasteiger partial charge in [0, 0.05) is 28.8 Å². The molecular formula is C23H13N3O6. The average molecular weight is 427 g/mol. The number of benzene rings is 3. The van der Waals surface area contributed by atoms with Crippen molar-refractivity contribution in [1.82, 2.24) is 10.1 Å². The van der Waals surface area contributed by atoms with E-state index in [4.69, 9.17) is 9.26 Å². The number of carbonyl (C=O) groups excluding carboxylic acids is 2. The van der Waals surface area contributed by atoms with Gasteiger partial charge in [0.25, 0.3) is 11.6 Å². The predicted octanol–water partition coefficient (Wildman–Crippen LogP) is 4.21. The van der Waals surface area contributed by atoms with Crippen molar-refractivity contribution in [3.05, 3.63) is 99.4 Å². The standard InChI is InChI=1S/C23H13N3O6/c27-21-18-4-2-1-3-16(18)17-10-7-14(11-19(17)21)23(28)31-12-20-24-22(25-32-20)13-5-8-15(9-6-13)26(29)30/h1-11H,12H2. The van der Waals surface area contributed by atoms with Crippen LogP contribution in [0.2, 0.25) is 0 Å². The number of ketones is 1. The summed E-state index contributed by atoms with van der Waals surface area (Å²) in [6, 6.07) is 17.8. The lowest BCUT2D eigenvalue weighted by molar-refractivity contribution is -0.384. The average Bonchev–Trinajstić information content (AvgIpc) is 3.41. The number of hydrogen-bond donors (Lipinski definition) is 0. The lowest BCUT2D eigenvalue weighted by Gasteiger charge is -2.04. The summed E-state index contributed by atoms with van der Waals surface area (Å²) in [4.78, 5) is 39.5. The minimum absolute atomic E-state index is 0.0534. The number of non-ortho nitro benzene ring substituents is 1. The van der Waals surface area contributed by atoms with Gasteiger partial charge in [0.15, 0.2) is 12.4 Å². The number of esters is 1. The van der Waals surface area contributed by atoms with E-state index in [1.165, 1.54) is 30.3 Å². The SMILES string of the molecule is O=C(OCc1nc(-c2ccc([N+](=O)[O-])cc2)no1)c1ccc2c(c1)C(=O)c1ccccc1-2. The highest BCUT2D eigenvalue weighted by Crippen LogP contribution is 2.36. The fraction of sp³-hybridized carbons (Fsp3) is 0.0435. The third kappa shape index (κ3) is 3.31. The first-order chi connectivity index (χ1) is 15.5. The Balaban J connectivity index is 1.28. The van der Waals surface area contributed by atoms with Crippen molar-refractivity contribution < 1.29 is 23.8 Å². The van der Waals surface area contributed by atoms with Crippen molar-refractivity contribution in [3.8, 4) is 22.5 Å². The van der Waals surface area contributed by atoms with Crippen molar-refractivity contribution >= 4 is 17.4 Å². The highest BCUT2D eigenvalue weighted by atomic mass is 16.6. The minimum Gasteiger partial charge on any atom is -0.452 e. The number of aromatic nitrogens is 2. The Morgan fingerprint density at radius 1 is 0.969 bits per heavy atom. The number of nitrogens with zero attached hydrogens (tertiary/aromatic N) is 3. The first kappa shape index (κ1) is 19.3. The number of hydrogen-bond acceptors (Lipinski definition) is 8. The molecule has 1 heterocycles. The molecule has 0 bridgehead atoms. The van der Waals surface area contributed by atoms with E-state index in [1.54, 1.807) is 24.3 Å². The van der Waals surface area contributed by atoms with Gasteiger partial charge in [0.05, 0.1) is 10.5 Å². The van der Waals surface area contributed by atoms with E-state index in [9.17, 15) is 19.7 Å². The van der Waals surface area contributed by atoms with Crippen LogP contribution in [-0.2, 0) is 11.3 Å². The van der Waals surface area contributed by atoms with Crippen LogP contribution < -0.4 is 0 Å². The molecular weight excluding hydrogens is 414 g/mol. The van der Waals surface area contributed by atoms with Crippen LogP contribution in [0.1, 0.15) is 32.2 Å². The summed E-state index contributed by atoms with van der Waals surface area (Å²) >= 11 is 0. The third-order valence-corrected chi connectivity index (χ3v) is 5.09. The second-order valence-corrected chi connectivity index (χ2v) is 7.03. The van der Waals surface area contributed by atoms with Gasteiger partial charge in [-0.1, -0.05) is 35.5 Å². The van der Waals surface area contributed by atoms with Crippen LogP contribution in [0.4, 0.5) is 5.69 Å². The zero-order valence-electron chi connectivity index (χ0n) is 16.3. The Kier molecular flexibility index (Phi) is 4.55. The van der Waals surface area contributed by atoms with E-state index in [-0.39, 0.29) is 35.4 Å². The topological polar surface area (TPSA) is 125 Å². The maximum Gasteiger partial charge on any atom is 0.338 e. The molecule has 0 N–H and O–H groups in total. The number of rotatable bonds is 5. The van der Waals surface area contributed by atoms with Crippen molar-refractivity contribution in [2.45, 2.75) is 6.61 Å². The van der Waals surface area contributed by atoms with Crippen LogP contribution in [0.5, 0.6) is 0 Å². The Bertz CT molecular complexity index is 1390. The Morgan fingerprint density at radius 2 is 1.69 bits per heavy atom. The summed E-state index contributed by atoms with van der Waals surface area (Å²) in [7, 11) is 0. The van der Waals surface area contributed by atoms with Crippen LogP contribution in [0.15, 0.2) is 71.3 Å². The molecule has 156 valence electrons. The summed E-state index contributed by atoms with van der Waals surface area (Å²) < 4.78 is 10.3. The predicted molar refractivity (Wildman–Crippen MR) is 111 cm³/mol. The van der Waals surface area contributed by atoms with Gasteiger partial charge in [-0.3, -0.25) is 14.9 Å². The summed E-state index contributed by atoms with van der Waals surface area (Å²) in [5.41, 5.74) is 3.40. The smallest absolute Gasteiger partial charge is 0.338 e. The Morgan fingerprint density at radius 3 is 2.44 bits per heavy atom. The maximum absolute atomic E-state index is 12.6. The molecule has 5 rings (SSSR count). The van der Waals surface area contributed by atoms with Crippen LogP contribution >= 0.6 is 0 Å². The minimum atomic E-state index is -0.633. The van der Waals surface area contributed by atoms with Crippen molar-refractivity contribution in [2.24, 2.45) is 0 Å².